The van der Waals surface area contributed by atoms with Gasteiger partial charge in [-0.25, -0.2) is 4.57 Å². The zero-order chi connectivity index (χ0) is 57.2. The van der Waals surface area contributed by atoms with Crippen LogP contribution in [0.3, 0.4) is 0 Å². The van der Waals surface area contributed by atoms with Gasteiger partial charge in [-0.05, 0) is 83.1 Å². The van der Waals surface area contributed by atoms with Crippen molar-refractivity contribution < 1.29 is 37.3 Å². The van der Waals surface area contributed by atoms with Gasteiger partial charge in [0.25, 0.3) is 0 Å². The van der Waals surface area contributed by atoms with Crippen molar-refractivity contribution in [3.05, 3.63) is 36.5 Å². The van der Waals surface area contributed by atoms with Crippen molar-refractivity contribution in [3.63, 3.8) is 0 Å². The van der Waals surface area contributed by atoms with E-state index in [1.807, 2.05) is 33.3 Å². The topological polar surface area (TPSA) is 111 Å². The number of amides is 1. The highest BCUT2D eigenvalue weighted by Gasteiger charge is 2.30. The number of hydrogen-bond acceptors (Lipinski definition) is 6. The summed E-state index contributed by atoms with van der Waals surface area (Å²) in [5.41, 5.74) is 0. The third kappa shape index (κ3) is 58.9. The Kier molecular flexibility index (Phi) is 57.1. The molecule has 0 saturated carbocycles. The van der Waals surface area contributed by atoms with E-state index in [0.29, 0.717) is 23.9 Å². The fraction of sp³-hybridized carbons (Fsp3) is 0.882. The van der Waals surface area contributed by atoms with E-state index >= 15 is 0 Å². The Bertz CT molecular complexity index is 1430. The van der Waals surface area contributed by atoms with Crippen LogP contribution in [0.5, 0.6) is 0 Å². The van der Waals surface area contributed by atoms with Crippen molar-refractivity contribution in [2.75, 3.05) is 40.9 Å². The largest absolute Gasteiger partial charge is 0.472 e. The number of unbranched alkanes of at least 4 members (excludes halogenated alkanes) is 42. The average molecular weight is 1120 g/mol. The molecule has 0 aliphatic heterocycles. The highest BCUT2D eigenvalue weighted by atomic mass is 31.2. The average Bonchev–Trinajstić information content (AvgIpc) is 3.40. The molecule has 0 aliphatic rings. The molecule has 0 aromatic rings. The summed E-state index contributed by atoms with van der Waals surface area (Å²) in [7, 11) is 1.51. The van der Waals surface area contributed by atoms with Crippen molar-refractivity contribution in [1.29, 1.82) is 0 Å². The molecule has 0 aliphatic carbocycles. The normalized spacial score (nSPS) is 13.8. The molecule has 9 nitrogen and oxygen atoms in total. The second-order valence-corrected chi connectivity index (χ2v) is 25.8. The first-order valence-corrected chi connectivity index (χ1v) is 35.3. The zero-order valence-electron chi connectivity index (χ0n) is 52.7. The second kappa shape index (κ2) is 58.4. The fourth-order valence-corrected chi connectivity index (χ4v) is 10.8. The molecule has 0 heterocycles. The third-order valence-corrected chi connectivity index (χ3v) is 16.3. The highest BCUT2D eigenvalue weighted by Crippen LogP contribution is 2.43. The van der Waals surface area contributed by atoms with Gasteiger partial charge >= 0.3 is 13.8 Å². The Hall–Kier alpha value is -1.77. The van der Waals surface area contributed by atoms with Gasteiger partial charge in [-0.2, -0.15) is 0 Å². The number of nitrogens with one attached hydrogen (secondary N) is 1. The van der Waals surface area contributed by atoms with Gasteiger partial charge < -0.3 is 19.4 Å². The number of hydrogen-bond donors (Lipinski definition) is 2. The second-order valence-electron chi connectivity index (χ2n) is 24.3. The number of allylic oxidation sites excluding steroid dienone is 5. The lowest BCUT2D eigenvalue weighted by Crippen LogP contribution is -2.47. The molecule has 0 saturated heterocycles. The van der Waals surface area contributed by atoms with Crippen LogP contribution >= 0.6 is 7.82 Å². The standard InChI is InChI=1S/C68H131N2O7P/c1-7-10-13-16-19-22-25-28-30-31-32-33-34-35-36-37-38-39-41-43-46-49-52-55-58-61-68(72)77-66(59-56-53-50-47-44-27-24-21-18-15-12-9-3)65(64-76-78(73,74)75-63-62-70(4,5)6)69-67(71)60-57-54-51-48-45-42-40-29-26-23-20-17-14-11-8-2/h23,26,28,30,56,59,65-66H,7-22,24-25,27,29,31-55,57-58,60-64H2,1-6H3,(H-,69,71,73,74)/p+1/b26-23-,30-28+,59-56-. The van der Waals surface area contributed by atoms with E-state index in [4.69, 9.17) is 13.8 Å². The van der Waals surface area contributed by atoms with E-state index < -0.39 is 20.0 Å². The van der Waals surface area contributed by atoms with Gasteiger partial charge in [0.05, 0.1) is 33.8 Å². The molecule has 0 aromatic carbocycles. The molecule has 10 heteroatoms. The van der Waals surface area contributed by atoms with Crippen LogP contribution in [0.25, 0.3) is 0 Å². The summed E-state index contributed by atoms with van der Waals surface area (Å²) >= 11 is 0. The summed E-state index contributed by atoms with van der Waals surface area (Å²) in [5.74, 6) is -0.495. The molecule has 3 unspecified atom stereocenters. The van der Waals surface area contributed by atoms with E-state index in [-0.39, 0.29) is 25.1 Å². The minimum absolute atomic E-state index is 0.0417. The van der Waals surface area contributed by atoms with E-state index in [2.05, 4.69) is 50.4 Å². The van der Waals surface area contributed by atoms with Crippen molar-refractivity contribution >= 4 is 19.7 Å². The Balaban J connectivity index is 5.05. The molecule has 0 fully saturated rings. The maximum atomic E-state index is 13.5. The van der Waals surface area contributed by atoms with Gasteiger partial charge in [0.1, 0.15) is 19.3 Å². The number of quaternary nitrogens is 1. The summed E-state index contributed by atoms with van der Waals surface area (Å²) in [6, 6.07) is -0.847. The minimum atomic E-state index is -4.45. The number of phosphoric acid groups is 1. The van der Waals surface area contributed by atoms with Crippen molar-refractivity contribution in [1.82, 2.24) is 5.32 Å². The molecule has 460 valence electrons. The molecule has 0 rings (SSSR count). The Morgan fingerprint density at radius 3 is 1.10 bits per heavy atom. The lowest BCUT2D eigenvalue weighted by Gasteiger charge is -2.27. The van der Waals surface area contributed by atoms with Crippen molar-refractivity contribution in [2.24, 2.45) is 0 Å². The van der Waals surface area contributed by atoms with Crippen LogP contribution in [-0.4, -0.2) is 74.3 Å². The highest BCUT2D eigenvalue weighted by molar-refractivity contribution is 7.47. The van der Waals surface area contributed by atoms with Crippen LogP contribution in [0.15, 0.2) is 36.5 Å². The molecule has 0 aromatic heterocycles. The third-order valence-electron chi connectivity index (χ3n) is 15.3. The van der Waals surface area contributed by atoms with Crippen LogP contribution in [-0.2, 0) is 27.9 Å². The van der Waals surface area contributed by atoms with E-state index in [9.17, 15) is 19.0 Å². The van der Waals surface area contributed by atoms with Gasteiger partial charge in [-0.3, -0.25) is 18.6 Å². The summed E-state index contributed by atoms with van der Waals surface area (Å²) in [6.45, 7) is 7.03. The van der Waals surface area contributed by atoms with Gasteiger partial charge in [0.15, 0.2) is 0 Å². The fourth-order valence-electron chi connectivity index (χ4n) is 10.0. The molecular weight excluding hydrogens is 988 g/mol. The summed E-state index contributed by atoms with van der Waals surface area (Å²) in [5, 5.41) is 3.06. The minimum Gasteiger partial charge on any atom is -0.456 e. The van der Waals surface area contributed by atoms with E-state index in [1.54, 1.807) is 0 Å². The Morgan fingerprint density at radius 2 is 0.744 bits per heavy atom. The maximum absolute atomic E-state index is 13.5. The maximum Gasteiger partial charge on any atom is 0.472 e. The Labute approximate surface area is 485 Å². The quantitative estimate of drug-likeness (QED) is 0.0205. The summed E-state index contributed by atoms with van der Waals surface area (Å²) < 4.78 is 30.8. The summed E-state index contributed by atoms with van der Waals surface area (Å²) in [4.78, 5) is 37.8. The van der Waals surface area contributed by atoms with Gasteiger partial charge in [0.2, 0.25) is 5.91 Å². The zero-order valence-corrected chi connectivity index (χ0v) is 53.6. The number of nitrogens with zero attached hydrogens (tertiary/aromatic N) is 1. The molecule has 0 bridgehead atoms. The Morgan fingerprint density at radius 1 is 0.436 bits per heavy atom. The monoisotopic (exact) mass is 1120 g/mol. The van der Waals surface area contributed by atoms with Crippen LogP contribution in [0.1, 0.15) is 335 Å². The predicted octanol–water partition coefficient (Wildman–Crippen LogP) is 21.1. The van der Waals surface area contributed by atoms with E-state index in [0.717, 1.165) is 64.2 Å². The first-order valence-electron chi connectivity index (χ1n) is 33.8. The lowest BCUT2D eigenvalue weighted by molar-refractivity contribution is -0.870. The first kappa shape index (κ1) is 76.2. The number of esters is 1. The number of phosphoric ester groups is 1. The number of likely N-dealkylation sites (N-methyl/N-ethyl adjacent to an activating group) is 1. The van der Waals surface area contributed by atoms with Crippen molar-refractivity contribution in [2.45, 2.75) is 348 Å². The van der Waals surface area contributed by atoms with Gasteiger partial charge in [-0.1, -0.05) is 276 Å². The molecule has 1 amide bonds. The van der Waals surface area contributed by atoms with Gasteiger partial charge in [0, 0.05) is 12.8 Å². The first-order chi connectivity index (χ1) is 37.9. The lowest BCUT2D eigenvalue weighted by atomic mass is 10.0. The number of carbonyl (C=O) groups is 2. The van der Waals surface area contributed by atoms with Crippen LogP contribution in [0.4, 0.5) is 0 Å². The van der Waals surface area contributed by atoms with Crippen LogP contribution in [0, 0.1) is 0 Å². The molecule has 3 atom stereocenters. The number of ether oxygens (including phenoxy) is 1. The number of rotatable bonds is 62. The van der Waals surface area contributed by atoms with Gasteiger partial charge in [-0.15, -0.1) is 0 Å². The van der Waals surface area contributed by atoms with E-state index in [1.165, 1.54) is 238 Å². The van der Waals surface area contributed by atoms with Crippen molar-refractivity contribution in [3.8, 4) is 0 Å². The molecule has 78 heavy (non-hydrogen) atoms. The number of carbonyl (C=O) groups excluding carboxylic acids is 2. The molecular formula is C68H132N2O7P+. The molecule has 0 spiro atoms. The SMILES string of the molecule is CCCCCC/C=C\CCCCCCCCCC(=O)NC(COP(=O)(O)OCC[N+](C)(C)C)C(/C=C\CCCCCCCCCCCC)OC(=O)CCCCCCCCCCCCCCCCC/C=C/CCCCCCCC. The smallest absolute Gasteiger partial charge is 0.456 e. The molecule has 0 radical (unpaired) electrons. The van der Waals surface area contributed by atoms with Crippen LogP contribution in [0.2, 0.25) is 0 Å². The predicted molar refractivity (Wildman–Crippen MR) is 337 cm³/mol. The molecule has 2 N–H and O–H groups in total. The summed E-state index contributed by atoms with van der Waals surface area (Å²) in [6.07, 6.45) is 71.5. The van der Waals surface area contributed by atoms with Crippen LogP contribution < -0.4 is 5.32 Å².